The largest absolute Gasteiger partial charge is 0.467 e. The smallest absolute Gasteiger partial charge is 0.414 e. The van der Waals surface area contributed by atoms with E-state index in [-0.39, 0.29) is 88.4 Å². The van der Waals surface area contributed by atoms with Crippen LogP contribution in [0.15, 0.2) is 54.6 Å². The number of hydrogen-bond donors (Lipinski definition) is 5. The van der Waals surface area contributed by atoms with Crippen LogP contribution in [0.4, 0.5) is 91.4 Å². The molecule has 3 aromatic carbocycles. The van der Waals surface area contributed by atoms with Gasteiger partial charge in [-0.05, 0) is 85.5 Å². The lowest BCUT2D eigenvalue weighted by Crippen LogP contribution is -2.24. The number of rotatable bonds is 15. The minimum atomic E-state index is -0.588. The molecule has 9 rings (SSSR count). The quantitative estimate of drug-likeness (QED) is 0.0629. The van der Waals surface area contributed by atoms with Gasteiger partial charge in [-0.15, -0.1) is 4.98 Å². The van der Waals surface area contributed by atoms with Crippen molar-refractivity contribution >= 4 is 93.7 Å². The summed E-state index contributed by atoms with van der Waals surface area (Å²) in [6, 6.07) is 13.0. The van der Waals surface area contributed by atoms with Gasteiger partial charge in [0.1, 0.15) is 35.8 Å². The molecule has 26 nitrogen and oxygen atoms in total. The summed E-state index contributed by atoms with van der Waals surface area (Å²) in [5.41, 5.74) is 12.6. The van der Waals surface area contributed by atoms with Gasteiger partial charge in [0, 0.05) is 0 Å². The molecule has 3 fully saturated rings. The highest BCUT2D eigenvalue weighted by Crippen LogP contribution is 2.31. The van der Waals surface area contributed by atoms with Crippen LogP contribution in [0.5, 0.6) is 18.0 Å². The average molecular weight is 1060 g/mol. The first-order valence-corrected chi connectivity index (χ1v) is 23.1. The lowest BCUT2D eigenvalue weighted by atomic mass is 10.2. The van der Waals surface area contributed by atoms with Crippen molar-refractivity contribution < 1.29 is 56.0 Å². The Morgan fingerprint density at radius 3 is 1.15 bits per heavy atom. The molecule has 3 amide bonds. The number of halogens is 4. The van der Waals surface area contributed by atoms with E-state index in [4.69, 9.17) is 51.5 Å². The van der Waals surface area contributed by atoms with Crippen molar-refractivity contribution in [2.75, 3.05) is 83.1 Å². The number of nitrogens with two attached hydrogens (primary N) is 2. The van der Waals surface area contributed by atoms with E-state index in [0.29, 0.717) is 56.0 Å². The zero-order valence-electron chi connectivity index (χ0n) is 40.9. The van der Waals surface area contributed by atoms with Crippen LogP contribution in [0.2, 0.25) is 5.28 Å². The Bertz CT molecular complexity index is 3000. The Balaban J connectivity index is 0.000000164. The van der Waals surface area contributed by atoms with Gasteiger partial charge in [0.2, 0.25) is 35.0 Å². The van der Waals surface area contributed by atoms with E-state index in [1.165, 1.54) is 72.4 Å². The minimum Gasteiger partial charge on any atom is -0.467 e. The average Bonchev–Trinajstić information content (AvgIpc) is 4.10. The van der Waals surface area contributed by atoms with Gasteiger partial charge in [-0.3, -0.25) is 14.7 Å². The summed E-state index contributed by atoms with van der Waals surface area (Å²) in [5.74, 6) is -1.76. The van der Waals surface area contributed by atoms with Gasteiger partial charge >= 0.3 is 36.3 Å². The van der Waals surface area contributed by atoms with Crippen LogP contribution in [0.3, 0.4) is 0 Å². The van der Waals surface area contributed by atoms with Crippen LogP contribution in [0.1, 0.15) is 40.0 Å². The molecular formula is C45H49ClF3N17O9. The van der Waals surface area contributed by atoms with Crippen molar-refractivity contribution in [1.82, 2.24) is 44.9 Å². The van der Waals surface area contributed by atoms with E-state index in [1.807, 2.05) is 20.8 Å². The monoisotopic (exact) mass is 1060 g/mol. The highest BCUT2D eigenvalue weighted by molar-refractivity contribution is 6.28. The Hall–Kier alpha value is -9.02. The van der Waals surface area contributed by atoms with Crippen LogP contribution in [0, 0.1) is 17.5 Å². The van der Waals surface area contributed by atoms with E-state index in [0.717, 1.165) is 0 Å². The molecule has 0 bridgehead atoms. The summed E-state index contributed by atoms with van der Waals surface area (Å²) in [6.07, 6.45) is 0.0906. The molecule has 6 aromatic rings. The highest BCUT2D eigenvalue weighted by atomic mass is 35.5. The Kier molecular flexibility index (Phi) is 17.3. The zero-order chi connectivity index (χ0) is 53.9. The number of carbonyl (C=O) groups excluding carboxylic acids is 3. The molecule has 0 aliphatic carbocycles. The fourth-order valence-electron chi connectivity index (χ4n) is 7.03. The molecule has 3 atom stereocenters. The van der Waals surface area contributed by atoms with Gasteiger partial charge < -0.3 is 55.8 Å². The van der Waals surface area contributed by atoms with Crippen molar-refractivity contribution in [2.45, 2.75) is 58.3 Å². The first kappa shape index (κ1) is 53.8. The molecule has 7 N–H and O–H groups in total. The molecule has 3 aliphatic rings. The van der Waals surface area contributed by atoms with E-state index in [2.05, 4.69) is 60.8 Å². The predicted molar refractivity (Wildman–Crippen MR) is 266 cm³/mol. The van der Waals surface area contributed by atoms with E-state index >= 15 is 0 Å². The molecule has 396 valence electrons. The molecule has 3 aromatic heterocycles. The number of methoxy groups -OCH3 is 3. The number of benzene rings is 3. The molecule has 0 saturated carbocycles. The van der Waals surface area contributed by atoms with Crippen LogP contribution in [-0.4, -0.2) is 122 Å². The summed E-state index contributed by atoms with van der Waals surface area (Å²) in [5, 5.41) is 8.01. The summed E-state index contributed by atoms with van der Waals surface area (Å²) in [6.45, 7) is 6.93. The number of anilines is 11. The summed E-state index contributed by atoms with van der Waals surface area (Å²) >= 11 is 5.68. The minimum absolute atomic E-state index is 0.0115. The first-order chi connectivity index (χ1) is 36.0. The lowest BCUT2D eigenvalue weighted by molar-refractivity contribution is 0.138. The van der Waals surface area contributed by atoms with E-state index in [9.17, 15) is 27.6 Å². The van der Waals surface area contributed by atoms with Crippen LogP contribution < -0.4 is 56.3 Å². The van der Waals surface area contributed by atoms with Gasteiger partial charge in [0.05, 0.1) is 75.1 Å². The third-order valence-electron chi connectivity index (χ3n) is 10.9. The molecule has 6 heterocycles. The SMILES string of the molecule is CC[C@H]1CN(c2ccc(Nc3nc(N)nc(Cl)n3)c(F)c2)C(=O)O1.CC[C@H]1CN(c2ccc(Nc3nc(N)nc(OC)n3)c(F)c2)C(=O)O1.CC[C@H]1CN(c2ccc(Nc3nc(OC)nc(OC)n3)c(F)c2)C(=O)O1. The number of amides is 3. The number of aromatic nitrogens is 9. The van der Waals surface area contributed by atoms with Gasteiger partial charge in [0.15, 0.2) is 0 Å². The normalized spacial score (nSPS) is 16.7. The van der Waals surface area contributed by atoms with Crippen molar-refractivity contribution in [1.29, 1.82) is 0 Å². The molecule has 0 unspecified atom stereocenters. The lowest BCUT2D eigenvalue weighted by Gasteiger charge is -2.14. The number of nitrogen functional groups attached to an aromatic ring is 2. The highest BCUT2D eigenvalue weighted by Gasteiger charge is 2.34. The third-order valence-corrected chi connectivity index (χ3v) is 11.1. The maximum atomic E-state index is 14.5. The summed E-state index contributed by atoms with van der Waals surface area (Å²) < 4.78 is 73.5. The Morgan fingerprint density at radius 1 is 0.520 bits per heavy atom. The number of nitrogens with one attached hydrogen (secondary N) is 3. The van der Waals surface area contributed by atoms with E-state index < -0.39 is 35.7 Å². The fourth-order valence-corrected chi connectivity index (χ4v) is 7.20. The second kappa shape index (κ2) is 24.1. The van der Waals surface area contributed by atoms with Crippen LogP contribution in [-0.2, 0) is 14.2 Å². The predicted octanol–water partition coefficient (Wildman–Crippen LogP) is 7.31. The van der Waals surface area contributed by atoms with Crippen LogP contribution in [0.25, 0.3) is 0 Å². The number of carbonyl (C=O) groups is 3. The van der Waals surface area contributed by atoms with Crippen molar-refractivity contribution in [3.05, 3.63) is 77.3 Å². The fraction of sp³-hybridized carbons (Fsp3) is 0.333. The number of cyclic esters (lactones) is 3. The molecule has 30 heteroatoms. The molecule has 3 saturated heterocycles. The topological polar surface area (TPSA) is 320 Å². The van der Waals surface area contributed by atoms with Crippen LogP contribution >= 0.6 is 11.6 Å². The molecule has 0 radical (unpaired) electrons. The van der Waals surface area contributed by atoms with Gasteiger partial charge in [0.25, 0.3) is 0 Å². The standard InChI is InChI=1S/C16H18FN5O4.C15H17FN6O3.C14H14ClFN6O2/c1-4-10-8-22(16(23)26-10)9-5-6-12(11(17)7-9)18-13-19-14(24-2)21-15(20-13)25-3;1-3-9-7-22(15(23)25-9)8-4-5-11(10(16)6-8)18-13-19-12(17)20-14(21-13)24-2;1-2-8-6-22(14(23)24-8)7-3-4-10(9(16)5-7)18-13-20-11(15)19-12(17)21-13/h5-7,10H,4,8H2,1-3H3,(H,18,19,20,21);4-6,9H,3,7H2,1-2H3,(H3,17,18,19,20,21);3-5,8H,2,6H2,1H3,(H3,17,18,19,20,21)/t10-;9-;8-/m000/s1. The third kappa shape index (κ3) is 13.5. The molecule has 3 aliphatic heterocycles. The molecule has 75 heavy (non-hydrogen) atoms. The van der Waals surface area contributed by atoms with Crippen molar-refractivity contribution in [2.24, 2.45) is 0 Å². The van der Waals surface area contributed by atoms with Gasteiger partial charge in [-0.25, -0.2) is 27.6 Å². The van der Waals surface area contributed by atoms with Gasteiger partial charge in [-0.1, -0.05) is 20.8 Å². The second-order valence-corrected chi connectivity index (χ2v) is 16.2. The van der Waals surface area contributed by atoms with Crippen molar-refractivity contribution in [3.8, 4) is 18.0 Å². The Morgan fingerprint density at radius 2 is 0.840 bits per heavy atom. The van der Waals surface area contributed by atoms with Gasteiger partial charge in [-0.2, -0.15) is 39.9 Å². The summed E-state index contributed by atoms with van der Waals surface area (Å²) in [7, 11) is 4.17. The molecular weight excluding hydrogens is 1020 g/mol. The number of hydrogen-bond acceptors (Lipinski definition) is 23. The Labute approximate surface area is 430 Å². The maximum Gasteiger partial charge on any atom is 0.414 e. The number of nitrogens with zero attached hydrogens (tertiary/aromatic N) is 12. The number of ether oxygens (including phenoxy) is 6. The summed E-state index contributed by atoms with van der Waals surface area (Å²) in [4.78, 5) is 74.3. The zero-order valence-corrected chi connectivity index (χ0v) is 41.6. The van der Waals surface area contributed by atoms with E-state index in [1.54, 1.807) is 18.2 Å². The van der Waals surface area contributed by atoms with Crippen molar-refractivity contribution in [3.63, 3.8) is 0 Å². The molecule has 0 spiro atoms. The maximum absolute atomic E-state index is 14.5. The second-order valence-electron chi connectivity index (χ2n) is 15.9. The first-order valence-electron chi connectivity index (χ1n) is 22.7.